The molecule has 0 aromatic heterocycles. The van der Waals surface area contributed by atoms with E-state index in [4.69, 9.17) is 37.8 Å². The first-order chi connectivity index (χ1) is 18.0. The number of nitrogens with zero attached hydrogens (tertiary/aromatic N) is 2. The zero-order valence-electron chi connectivity index (χ0n) is 20.9. The predicted molar refractivity (Wildman–Crippen MR) is 143 cm³/mol. The quantitative estimate of drug-likeness (QED) is 0.266. The summed E-state index contributed by atoms with van der Waals surface area (Å²) in [4.78, 5) is 11.5. The van der Waals surface area contributed by atoms with Crippen molar-refractivity contribution < 1.29 is 33.3 Å². The van der Waals surface area contributed by atoms with Crippen LogP contribution in [0.4, 0.5) is 0 Å². The monoisotopic (exact) mass is 571 g/mol. The molecule has 6 fully saturated rings. The number of para-hydroxylation sites is 1. The van der Waals surface area contributed by atoms with E-state index in [1.54, 1.807) is 0 Å². The number of rotatable bonds is 14. The molecule has 1 aromatic carbocycles. The molecule has 0 amide bonds. The molecule has 6 saturated heterocycles. The van der Waals surface area contributed by atoms with Gasteiger partial charge in [0.05, 0.1) is 0 Å². The Kier molecular flexibility index (Phi) is 5.67. The van der Waals surface area contributed by atoms with Gasteiger partial charge < -0.3 is 0 Å². The van der Waals surface area contributed by atoms with E-state index in [1.165, 1.54) is 0 Å². The van der Waals surface area contributed by atoms with Crippen molar-refractivity contribution in [2.24, 2.45) is 4.52 Å². The van der Waals surface area contributed by atoms with Gasteiger partial charge in [-0.1, -0.05) is 0 Å². The van der Waals surface area contributed by atoms with Gasteiger partial charge in [-0.2, -0.15) is 0 Å². The summed E-state index contributed by atoms with van der Waals surface area (Å²) in [5.74, 6) is 0.829. The van der Waals surface area contributed by atoms with Gasteiger partial charge in [-0.15, -0.1) is 0 Å². The third kappa shape index (κ3) is 5.14. The van der Waals surface area contributed by atoms with Crippen LogP contribution in [0.25, 0.3) is 0 Å². The molecule has 10 nitrogen and oxygen atoms in total. The Morgan fingerprint density at radius 1 is 0.703 bits per heavy atom. The topological polar surface area (TPSA) is 112 Å². The molecule has 8 rings (SSSR count). The number of nitrogens with one attached hydrogen (secondary N) is 1. The van der Waals surface area contributed by atoms with Crippen LogP contribution in [0.3, 0.4) is 0 Å². The Labute approximate surface area is 218 Å². The average Bonchev–Trinajstić information content (AvgIpc) is 3.60. The Morgan fingerprint density at radius 3 is 1.51 bits per heavy atom. The predicted octanol–water partition coefficient (Wildman–Crippen LogP) is 3.09. The molecule has 13 heteroatoms. The standard InChI is InChI=1S/C24H36N3O7P3/c1-2-4-18(5-3-1)34-27-35-25-36(12-19-6-28-19,13-20-7-29-20,14-21-8-30-21)26-37(27,15-22-9-31-22,16-23-10-32-23)17-24-11-33-24/h1-5,19-24,26H,6-17H2. The van der Waals surface area contributed by atoms with Crippen LogP contribution in [0.1, 0.15) is 0 Å². The van der Waals surface area contributed by atoms with Crippen LogP contribution in [-0.4, -0.2) is 118 Å². The molecule has 37 heavy (non-hydrogen) atoms. The Bertz CT molecular complexity index is 997. The molecule has 0 saturated carbocycles. The Hall–Kier alpha value is -0.340. The van der Waals surface area contributed by atoms with E-state index in [0.717, 1.165) is 90.9 Å². The average molecular weight is 571 g/mol. The molecular weight excluding hydrogens is 535 g/mol. The molecule has 0 radical (unpaired) electrons. The molecule has 1 N–H and O–H groups in total. The number of epoxide rings is 6. The second kappa shape index (κ2) is 8.58. The molecule has 1 aromatic rings. The zero-order valence-corrected chi connectivity index (χ0v) is 23.6. The van der Waals surface area contributed by atoms with Gasteiger partial charge in [-0.05, 0) is 0 Å². The third-order valence-corrected chi connectivity index (χ3v) is 25.2. The van der Waals surface area contributed by atoms with Gasteiger partial charge >= 0.3 is 219 Å². The van der Waals surface area contributed by atoms with Gasteiger partial charge in [0.25, 0.3) is 0 Å². The summed E-state index contributed by atoms with van der Waals surface area (Å²) in [5, 5.41) is 0. The van der Waals surface area contributed by atoms with Crippen LogP contribution >= 0.6 is 22.3 Å². The van der Waals surface area contributed by atoms with Crippen LogP contribution in [0.2, 0.25) is 0 Å². The summed E-state index contributed by atoms with van der Waals surface area (Å²) in [6.45, 7) is -1.28. The minimum atomic E-state index is -3.13. The molecule has 7 aliphatic rings. The van der Waals surface area contributed by atoms with Gasteiger partial charge in [-0.3, -0.25) is 0 Å². The Morgan fingerprint density at radius 2 is 1.11 bits per heavy atom. The van der Waals surface area contributed by atoms with Gasteiger partial charge in [-0.25, -0.2) is 0 Å². The van der Waals surface area contributed by atoms with Crippen molar-refractivity contribution in [3.05, 3.63) is 30.3 Å². The molecule has 6 unspecified atom stereocenters. The number of ether oxygens (including phenoxy) is 6. The fourth-order valence-electron chi connectivity index (χ4n) is 6.60. The molecule has 6 atom stereocenters. The third-order valence-electron chi connectivity index (χ3n) is 8.47. The fraction of sp³-hybridized carbons (Fsp3) is 0.750. The zero-order chi connectivity index (χ0) is 24.6. The molecular formula is C24H36N3O7P3. The van der Waals surface area contributed by atoms with Crippen molar-refractivity contribution in [3.8, 4) is 5.75 Å². The van der Waals surface area contributed by atoms with E-state index in [1.807, 2.05) is 30.3 Å². The molecule has 204 valence electrons. The van der Waals surface area contributed by atoms with Crippen molar-refractivity contribution in [2.75, 3.05) is 76.6 Å². The second-order valence-electron chi connectivity index (χ2n) is 12.1. The second-order valence-corrected chi connectivity index (χ2v) is 23.7. The summed E-state index contributed by atoms with van der Waals surface area (Å²) in [5.41, 5.74) is 0. The maximum absolute atomic E-state index is 6.84. The van der Waals surface area contributed by atoms with Gasteiger partial charge in [0.1, 0.15) is 0 Å². The van der Waals surface area contributed by atoms with Gasteiger partial charge in [0.15, 0.2) is 0 Å². The first-order valence-corrected chi connectivity index (χ1v) is 19.8. The summed E-state index contributed by atoms with van der Waals surface area (Å²) < 4.78 is 43.6. The van der Waals surface area contributed by atoms with Crippen LogP contribution < -0.4 is 9.70 Å². The van der Waals surface area contributed by atoms with Crippen molar-refractivity contribution >= 4 is 22.3 Å². The van der Waals surface area contributed by atoms with Crippen molar-refractivity contribution in [2.45, 2.75) is 36.6 Å². The van der Waals surface area contributed by atoms with Gasteiger partial charge in [0.2, 0.25) is 0 Å². The Balaban J connectivity index is 1.30. The van der Waals surface area contributed by atoms with Crippen LogP contribution in [0.5, 0.6) is 5.75 Å². The first kappa shape index (κ1) is 24.5. The fourth-order valence-corrected chi connectivity index (χ4v) is 27.6. The maximum atomic E-state index is 6.84. The van der Waals surface area contributed by atoms with E-state index in [2.05, 4.69) is 9.46 Å². The summed E-state index contributed by atoms with van der Waals surface area (Å²) in [6, 6.07) is 10.1. The van der Waals surface area contributed by atoms with Crippen LogP contribution in [-0.2, 0) is 28.4 Å². The van der Waals surface area contributed by atoms with E-state index in [9.17, 15) is 0 Å². The first-order valence-electron chi connectivity index (χ1n) is 13.5. The number of benzene rings is 1. The molecule has 7 aliphatic heterocycles. The SMILES string of the molecule is c1ccc(ON2P=NP(CC3CO3)(CC3CO3)(CC3CO3)NP2(CC2CO2)(CC2CO2)CC2CO2)cc1. The van der Waals surface area contributed by atoms with E-state index < -0.39 is 13.8 Å². The van der Waals surface area contributed by atoms with E-state index in [-0.39, 0.29) is 36.6 Å². The van der Waals surface area contributed by atoms with Crippen molar-refractivity contribution in [1.82, 2.24) is 9.46 Å². The van der Waals surface area contributed by atoms with E-state index >= 15 is 0 Å². The summed E-state index contributed by atoms with van der Waals surface area (Å²) in [6.07, 6.45) is 6.97. The van der Waals surface area contributed by atoms with Crippen LogP contribution in [0, 0.1) is 0 Å². The molecule has 0 aliphatic carbocycles. The van der Waals surface area contributed by atoms with Crippen molar-refractivity contribution in [3.63, 3.8) is 0 Å². The van der Waals surface area contributed by atoms with Crippen LogP contribution in [0.15, 0.2) is 34.8 Å². The summed E-state index contributed by atoms with van der Waals surface area (Å²) in [7, 11) is 0.864. The number of hydrogen-bond acceptors (Lipinski definition) is 10. The van der Waals surface area contributed by atoms with Crippen molar-refractivity contribution in [1.29, 1.82) is 0 Å². The minimum absolute atomic E-state index is 0.215. The number of hydrogen-bond donors (Lipinski definition) is 1. The molecule has 0 spiro atoms. The van der Waals surface area contributed by atoms with E-state index in [0.29, 0.717) is 0 Å². The molecule has 0 bridgehead atoms. The molecule has 7 heterocycles. The summed E-state index contributed by atoms with van der Waals surface area (Å²) >= 11 is 0. The van der Waals surface area contributed by atoms with Gasteiger partial charge in [0, 0.05) is 0 Å². The normalized spacial score (nSPS) is 43.2.